The van der Waals surface area contributed by atoms with Crippen LogP contribution in [0.3, 0.4) is 0 Å². The zero-order valence-corrected chi connectivity index (χ0v) is 11.5. The standard InChI is InChI=1S/C13H26N4O/c1-15-6-8-17(9-7-15)11-10-16-4-2-12(3-5-16)13(14)18/h12H,2-11H2,1H3,(H2,14,18). The molecule has 2 rings (SSSR count). The van der Waals surface area contributed by atoms with E-state index in [0.717, 1.165) is 39.0 Å². The first-order valence-electron chi connectivity index (χ1n) is 7.08. The number of carbonyl (C=O) groups is 1. The quantitative estimate of drug-likeness (QED) is 0.730. The van der Waals surface area contributed by atoms with Gasteiger partial charge in [0.2, 0.25) is 5.91 Å². The van der Waals surface area contributed by atoms with E-state index in [-0.39, 0.29) is 11.8 Å². The van der Waals surface area contributed by atoms with Crippen molar-refractivity contribution < 1.29 is 4.79 Å². The number of likely N-dealkylation sites (tertiary alicyclic amines) is 1. The fraction of sp³-hybridized carbons (Fsp3) is 0.923. The average molecular weight is 254 g/mol. The molecule has 0 unspecified atom stereocenters. The summed E-state index contributed by atoms with van der Waals surface area (Å²) in [6.45, 7) is 9.10. The molecule has 0 atom stereocenters. The predicted molar refractivity (Wildman–Crippen MR) is 72.3 cm³/mol. The highest BCUT2D eigenvalue weighted by molar-refractivity contribution is 5.76. The van der Waals surface area contributed by atoms with Crippen LogP contribution in [-0.2, 0) is 4.79 Å². The summed E-state index contributed by atoms with van der Waals surface area (Å²) < 4.78 is 0. The van der Waals surface area contributed by atoms with Crippen molar-refractivity contribution in [3.63, 3.8) is 0 Å². The lowest BCUT2D eigenvalue weighted by Gasteiger charge is -2.35. The number of nitrogens with two attached hydrogens (primary N) is 1. The Kier molecular flexibility index (Phi) is 4.97. The van der Waals surface area contributed by atoms with Gasteiger partial charge in [0.15, 0.2) is 0 Å². The Hall–Kier alpha value is -0.650. The molecule has 2 fully saturated rings. The van der Waals surface area contributed by atoms with Crippen molar-refractivity contribution in [3.8, 4) is 0 Å². The third kappa shape index (κ3) is 3.93. The Morgan fingerprint density at radius 3 is 2.00 bits per heavy atom. The van der Waals surface area contributed by atoms with E-state index in [4.69, 9.17) is 5.73 Å². The van der Waals surface area contributed by atoms with E-state index in [0.29, 0.717) is 0 Å². The number of hydrogen-bond acceptors (Lipinski definition) is 4. The van der Waals surface area contributed by atoms with E-state index in [1.807, 2.05) is 0 Å². The Morgan fingerprint density at radius 2 is 1.50 bits per heavy atom. The summed E-state index contributed by atoms with van der Waals surface area (Å²) in [4.78, 5) is 18.5. The molecule has 0 spiro atoms. The third-order valence-corrected chi connectivity index (χ3v) is 4.32. The summed E-state index contributed by atoms with van der Waals surface area (Å²) >= 11 is 0. The summed E-state index contributed by atoms with van der Waals surface area (Å²) in [5.41, 5.74) is 5.35. The SMILES string of the molecule is CN1CCN(CCN2CCC(C(N)=O)CC2)CC1. The summed E-state index contributed by atoms with van der Waals surface area (Å²) in [5, 5.41) is 0. The molecule has 2 aliphatic rings. The van der Waals surface area contributed by atoms with Crippen LogP contribution in [0.5, 0.6) is 0 Å². The van der Waals surface area contributed by atoms with E-state index >= 15 is 0 Å². The van der Waals surface area contributed by atoms with Crippen molar-refractivity contribution in [1.29, 1.82) is 0 Å². The molecular formula is C13H26N4O. The van der Waals surface area contributed by atoms with Gasteiger partial charge in [0.05, 0.1) is 0 Å². The summed E-state index contributed by atoms with van der Waals surface area (Å²) in [5.74, 6) is -0.00129. The lowest BCUT2D eigenvalue weighted by Crippen LogP contribution is -2.48. The molecule has 5 heteroatoms. The maximum atomic E-state index is 11.1. The molecule has 0 bridgehead atoms. The van der Waals surface area contributed by atoms with Gasteiger partial charge in [0, 0.05) is 45.2 Å². The molecule has 5 nitrogen and oxygen atoms in total. The number of hydrogen-bond donors (Lipinski definition) is 1. The number of primary amides is 1. The monoisotopic (exact) mass is 254 g/mol. The summed E-state index contributed by atoms with van der Waals surface area (Å²) in [6, 6.07) is 0. The smallest absolute Gasteiger partial charge is 0.220 e. The van der Waals surface area contributed by atoms with Gasteiger partial charge in [-0.05, 0) is 33.0 Å². The van der Waals surface area contributed by atoms with Crippen LogP contribution in [0.15, 0.2) is 0 Å². The first-order chi connectivity index (χ1) is 8.65. The van der Waals surface area contributed by atoms with Gasteiger partial charge >= 0.3 is 0 Å². The average Bonchev–Trinajstić information content (AvgIpc) is 2.38. The van der Waals surface area contributed by atoms with Crippen LogP contribution in [0.4, 0.5) is 0 Å². The Morgan fingerprint density at radius 1 is 1.00 bits per heavy atom. The van der Waals surface area contributed by atoms with Crippen LogP contribution >= 0.6 is 0 Å². The second kappa shape index (κ2) is 6.50. The number of rotatable bonds is 4. The van der Waals surface area contributed by atoms with Crippen molar-refractivity contribution in [3.05, 3.63) is 0 Å². The van der Waals surface area contributed by atoms with Crippen molar-refractivity contribution in [1.82, 2.24) is 14.7 Å². The Bertz CT molecular complexity index is 268. The number of carbonyl (C=O) groups excluding carboxylic acids is 1. The van der Waals surface area contributed by atoms with Gasteiger partial charge < -0.3 is 15.5 Å². The van der Waals surface area contributed by atoms with Crippen molar-refractivity contribution in [2.24, 2.45) is 11.7 Å². The normalized spacial score (nSPS) is 25.4. The van der Waals surface area contributed by atoms with E-state index < -0.39 is 0 Å². The first-order valence-corrected chi connectivity index (χ1v) is 7.08. The molecule has 2 N–H and O–H groups in total. The number of piperidine rings is 1. The molecular weight excluding hydrogens is 228 g/mol. The fourth-order valence-electron chi connectivity index (χ4n) is 2.80. The fourth-order valence-corrected chi connectivity index (χ4v) is 2.80. The van der Waals surface area contributed by atoms with Crippen LogP contribution in [0.25, 0.3) is 0 Å². The Balaban J connectivity index is 1.62. The van der Waals surface area contributed by atoms with Crippen molar-refractivity contribution in [2.75, 3.05) is 59.4 Å². The van der Waals surface area contributed by atoms with Crippen molar-refractivity contribution in [2.45, 2.75) is 12.8 Å². The van der Waals surface area contributed by atoms with E-state index in [2.05, 4.69) is 21.7 Å². The van der Waals surface area contributed by atoms with Crippen LogP contribution in [0.2, 0.25) is 0 Å². The topological polar surface area (TPSA) is 52.8 Å². The molecule has 18 heavy (non-hydrogen) atoms. The van der Waals surface area contributed by atoms with E-state index in [1.165, 1.54) is 26.2 Å². The van der Waals surface area contributed by atoms with Gasteiger partial charge in [0.25, 0.3) is 0 Å². The predicted octanol–water partition coefficient (Wildman–Crippen LogP) is -0.569. The van der Waals surface area contributed by atoms with Gasteiger partial charge in [-0.1, -0.05) is 0 Å². The zero-order valence-electron chi connectivity index (χ0n) is 11.5. The highest BCUT2D eigenvalue weighted by Gasteiger charge is 2.23. The number of amides is 1. The third-order valence-electron chi connectivity index (χ3n) is 4.32. The molecule has 0 aromatic rings. The lowest BCUT2D eigenvalue weighted by molar-refractivity contribution is -0.123. The largest absolute Gasteiger partial charge is 0.369 e. The van der Waals surface area contributed by atoms with Crippen LogP contribution < -0.4 is 5.73 Å². The minimum absolute atomic E-state index is 0.116. The zero-order chi connectivity index (χ0) is 13.0. The second-order valence-electron chi connectivity index (χ2n) is 5.66. The molecule has 0 aromatic heterocycles. The molecule has 2 heterocycles. The van der Waals surface area contributed by atoms with Crippen molar-refractivity contribution >= 4 is 5.91 Å². The minimum Gasteiger partial charge on any atom is -0.369 e. The van der Waals surface area contributed by atoms with E-state index in [1.54, 1.807) is 0 Å². The number of nitrogens with zero attached hydrogens (tertiary/aromatic N) is 3. The van der Waals surface area contributed by atoms with Gasteiger partial charge in [-0.3, -0.25) is 9.69 Å². The molecule has 2 saturated heterocycles. The number of likely N-dealkylation sites (N-methyl/N-ethyl adjacent to an activating group) is 1. The van der Waals surface area contributed by atoms with E-state index in [9.17, 15) is 4.79 Å². The van der Waals surface area contributed by atoms with Gasteiger partial charge in [-0.25, -0.2) is 0 Å². The van der Waals surface area contributed by atoms with Gasteiger partial charge in [-0.15, -0.1) is 0 Å². The van der Waals surface area contributed by atoms with Gasteiger partial charge in [-0.2, -0.15) is 0 Å². The molecule has 0 saturated carbocycles. The molecule has 0 aliphatic carbocycles. The molecule has 104 valence electrons. The lowest BCUT2D eigenvalue weighted by atomic mass is 9.96. The molecule has 0 radical (unpaired) electrons. The Labute approximate surface area is 110 Å². The van der Waals surface area contributed by atoms with Crippen LogP contribution in [0, 0.1) is 5.92 Å². The minimum atomic E-state index is -0.117. The number of piperazine rings is 1. The second-order valence-corrected chi connectivity index (χ2v) is 5.66. The van der Waals surface area contributed by atoms with Gasteiger partial charge in [0.1, 0.15) is 0 Å². The summed E-state index contributed by atoms with van der Waals surface area (Å²) in [7, 11) is 2.19. The highest BCUT2D eigenvalue weighted by Crippen LogP contribution is 2.16. The summed E-state index contributed by atoms with van der Waals surface area (Å²) in [6.07, 6.45) is 1.89. The van der Waals surface area contributed by atoms with Crippen LogP contribution in [0.1, 0.15) is 12.8 Å². The maximum Gasteiger partial charge on any atom is 0.220 e. The molecule has 0 aromatic carbocycles. The van der Waals surface area contributed by atoms with Crippen LogP contribution in [-0.4, -0.2) is 80.0 Å². The highest BCUT2D eigenvalue weighted by atomic mass is 16.1. The first kappa shape index (κ1) is 13.8. The molecule has 2 aliphatic heterocycles. The maximum absolute atomic E-state index is 11.1. The molecule has 1 amide bonds.